The third kappa shape index (κ3) is 6.37. The molecule has 9 nitrogen and oxygen atoms in total. The Hall–Kier alpha value is -3.44. The monoisotopic (exact) mass is 515 g/mol. The van der Waals surface area contributed by atoms with E-state index in [0.29, 0.717) is 17.9 Å². The number of carbonyl (C=O) groups excluding carboxylic acids is 3. The number of nitrogen functional groups attached to an aromatic ring is 1. The minimum absolute atomic E-state index is 0.0508. The summed E-state index contributed by atoms with van der Waals surface area (Å²) >= 11 is 2.25. The van der Waals surface area contributed by atoms with E-state index >= 15 is 0 Å². The number of ether oxygens (including phenoxy) is 1. The highest BCUT2D eigenvalue weighted by Crippen LogP contribution is 2.32. The molecule has 186 valence electrons. The maximum atomic E-state index is 13.8. The van der Waals surface area contributed by atoms with Crippen LogP contribution in [0.15, 0.2) is 41.8 Å². The normalized spacial score (nSPS) is 12.1. The Kier molecular flexibility index (Phi) is 8.13. The Morgan fingerprint density at radius 3 is 2.37 bits per heavy atom. The number of hydrogen-bond acceptors (Lipinski definition) is 8. The van der Waals surface area contributed by atoms with Crippen LogP contribution in [0.2, 0.25) is 0 Å². The van der Waals surface area contributed by atoms with E-state index in [1.165, 1.54) is 16.2 Å². The van der Waals surface area contributed by atoms with E-state index in [-0.39, 0.29) is 28.7 Å². The van der Waals surface area contributed by atoms with E-state index < -0.39 is 23.4 Å². The molecule has 1 atom stereocenters. The summed E-state index contributed by atoms with van der Waals surface area (Å²) in [7, 11) is 0. The van der Waals surface area contributed by atoms with Crippen molar-refractivity contribution in [1.29, 1.82) is 0 Å². The number of primary amides is 1. The van der Waals surface area contributed by atoms with E-state index in [1.807, 2.05) is 45.2 Å². The van der Waals surface area contributed by atoms with Gasteiger partial charge in [-0.15, -0.1) is 11.3 Å². The van der Waals surface area contributed by atoms with Crippen LogP contribution in [0.1, 0.15) is 64.3 Å². The summed E-state index contributed by atoms with van der Waals surface area (Å²) < 4.78 is 9.50. The van der Waals surface area contributed by atoms with E-state index in [9.17, 15) is 14.4 Å². The fourth-order valence-corrected chi connectivity index (χ4v) is 4.90. The molecule has 11 heteroatoms. The molecular formula is C24H29N5O4S2. The van der Waals surface area contributed by atoms with Crippen LogP contribution in [-0.4, -0.2) is 39.1 Å². The molecule has 3 rings (SSSR count). The highest BCUT2D eigenvalue weighted by molar-refractivity contribution is 7.10. The van der Waals surface area contributed by atoms with Crippen LogP contribution >= 0.6 is 22.9 Å². The lowest BCUT2D eigenvalue weighted by atomic mass is 10.0. The SMILES string of the molecule is CCOc1ccc([C@H](C(=O)NC(C)(C)C)N(Cc2cccs2)C(=O)c2snc(C(N)=O)c2N)cc1. The number of anilines is 1. The van der Waals surface area contributed by atoms with Crippen molar-refractivity contribution in [3.8, 4) is 5.75 Å². The number of nitrogens with one attached hydrogen (secondary N) is 1. The molecule has 3 amide bonds. The molecule has 0 bridgehead atoms. The summed E-state index contributed by atoms with van der Waals surface area (Å²) in [6.07, 6.45) is 0. The molecular weight excluding hydrogens is 486 g/mol. The van der Waals surface area contributed by atoms with Crippen molar-refractivity contribution < 1.29 is 19.1 Å². The largest absolute Gasteiger partial charge is 0.494 e. The number of aromatic nitrogens is 1. The third-order valence-corrected chi connectivity index (χ3v) is 6.60. The van der Waals surface area contributed by atoms with Crippen molar-refractivity contribution in [2.75, 3.05) is 12.3 Å². The van der Waals surface area contributed by atoms with Crippen LogP contribution in [0, 0.1) is 0 Å². The average molecular weight is 516 g/mol. The lowest BCUT2D eigenvalue weighted by molar-refractivity contribution is -0.127. The number of carbonyl (C=O) groups is 3. The number of benzene rings is 1. The molecule has 3 aromatic rings. The maximum absolute atomic E-state index is 13.8. The van der Waals surface area contributed by atoms with Crippen molar-refractivity contribution in [3.05, 3.63) is 62.8 Å². The Labute approximate surface area is 212 Å². The quantitative estimate of drug-likeness (QED) is 0.398. The zero-order valence-corrected chi connectivity index (χ0v) is 21.7. The van der Waals surface area contributed by atoms with Gasteiger partial charge in [0, 0.05) is 10.4 Å². The van der Waals surface area contributed by atoms with Crippen molar-refractivity contribution in [1.82, 2.24) is 14.6 Å². The molecule has 0 aliphatic rings. The van der Waals surface area contributed by atoms with Gasteiger partial charge in [0.15, 0.2) is 5.69 Å². The van der Waals surface area contributed by atoms with Crippen LogP contribution in [0.25, 0.3) is 0 Å². The van der Waals surface area contributed by atoms with Crippen molar-refractivity contribution >= 4 is 46.3 Å². The lowest BCUT2D eigenvalue weighted by Gasteiger charge is -2.33. The van der Waals surface area contributed by atoms with E-state index in [2.05, 4.69) is 9.69 Å². The van der Waals surface area contributed by atoms with Crippen LogP contribution in [-0.2, 0) is 11.3 Å². The number of amides is 3. The van der Waals surface area contributed by atoms with Crippen molar-refractivity contribution in [2.24, 2.45) is 5.73 Å². The van der Waals surface area contributed by atoms with E-state index in [4.69, 9.17) is 16.2 Å². The number of thiophene rings is 1. The minimum atomic E-state index is -0.988. The van der Waals surface area contributed by atoms with Gasteiger partial charge in [0.05, 0.1) is 18.8 Å². The van der Waals surface area contributed by atoms with Crippen LogP contribution in [0.4, 0.5) is 5.69 Å². The van der Waals surface area contributed by atoms with Gasteiger partial charge in [-0.2, -0.15) is 4.37 Å². The van der Waals surface area contributed by atoms with Crippen molar-refractivity contribution in [2.45, 2.75) is 45.8 Å². The van der Waals surface area contributed by atoms with Gasteiger partial charge in [0.25, 0.3) is 11.8 Å². The van der Waals surface area contributed by atoms with Crippen LogP contribution in [0.5, 0.6) is 5.75 Å². The number of nitrogens with zero attached hydrogens (tertiary/aromatic N) is 2. The molecule has 0 aliphatic heterocycles. The van der Waals surface area contributed by atoms with Crippen LogP contribution in [0.3, 0.4) is 0 Å². The first kappa shape index (κ1) is 26.2. The molecule has 5 N–H and O–H groups in total. The second-order valence-electron chi connectivity index (χ2n) is 8.79. The topological polar surface area (TPSA) is 141 Å². The van der Waals surface area contributed by atoms with Crippen molar-refractivity contribution in [3.63, 3.8) is 0 Å². The zero-order chi connectivity index (χ0) is 25.8. The summed E-state index contributed by atoms with van der Waals surface area (Å²) in [6, 6.07) is 9.81. The Bertz CT molecular complexity index is 1180. The standard InChI is InChI=1S/C24H29N5O4S2/c1-5-33-15-10-8-14(9-11-15)19(22(31)27-24(2,3)4)29(13-16-7-6-12-34-16)23(32)20-17(25)18(21(26)30)28-35-20/h6-12,19H,5,13,25H2,1-4H3,(H2,26,30)(H,27,31)/t19-/m1/s1. The van der Waals surface area contributed by atoms with Gasteiger partial charge in [-0.25, -0.2) is 0 Å². The zero-order valence-electron chi connectivity index (χ0n) is 20.0. The molecule has 0 fully saturated rings. The molecule has 0 unspecified atom stereocenters. The van der Waals surface area contributed by atoms with Gasteiger partial charge in [-0.05, 0) is 68.4 Å². The van der Waals surface area contributed by atoms with Gasteiger partial charge in [-0.1, -0.05) is 18.2 Å². The predicted octanol–water partition coefficient (Wildman–Crippen LogP) is 3.58. The minimum Gasteiger partial charge on any atom is -0.494 e. The molecule has 0 saturated heterocycles. The van der Waals surface area contributed by atoms with Gasteiger partial charge in [0.2, 0.25) is 5.91 Å². The summed E-state index contributed by atoms with van der Waals surface area (Å²) in [5.74, 6) is -1.05. The molecule has 0 radical (unpaired) electrons. The predicted molar refractivity (Wildman–Crippen MR) is 137 cm³/mol. The van der Waals surface area contributed by atoms with Crippen LogP contribution < -0.4 is 21.5 Å². The maximum Gasteiger partial charge on any atom is 0.270 e. The summed E-state index contributed by atoms with van der Waals surface area (Å²) in [6.45, 7) is 8.14. The Morgan fingerprint density at radius 2 is 1.86 bits per heavy atom. The molecule has 2 aromatic heterocycles. The highest BCUT2D eigenvalue weighted by atomic mass is 32.1. The first-order valence-corrected chi connectivity index (χ1v) is 12.6. The molecule has 0 spiro atoms. The van der Waals surface area contributed by atoms with E-state index in [1.54, 1.807) is 24.3 Å². The summed E-state index contributed by atoms with van der Waals surface area (Å²) in [5.41, 5.74) is 11.2. The first-order chi connectivity index (χ1) is 16.5. The highest BCUT2D eigenvalue weighted by Gasteiger charge is 2.36. The Morgan fingerprint density at radius 1 is 1.17 bits per heavy atom. The Balaban J connectivity index is 2.12. The summed E-state index contributed by atoms with van der Waals surface area (Å²) in [4.78, 5) is 41.5. The molecule has 35 heavy (non-hydrogen) atoms. The number of nitrogens with two attached hydrogens (primary N) is 2. The van der Waals surface area contributed by atoms with Gasteiger partial charge in [0.1, 0.15) is 16.7 Å². The summed E-state index contributed by atoms with van der Waals surface area (Å²) in [5, 5.41) is 4.88. The molecule has 0 saturated carbocycles. The van der Waals surface area contributed by atoms with Gasteiger partial charge >= 0.3 is 0 Å². The molecule has 1 aromatic carbocycles. The van der Waals surface area contributed by atoms with Gasteiger partial charge in [-0.3, -0.25) is 14.4 Å². The first-order valence-electron chi connectivity index (χ1n) is 10.9. The molecule has 2 heterocycles. The molecule has 0 aliphatic carbocycles. The fourth-order valence-electron chi connectivity index (χ4n) is 3.43. The smallest absolute Gasteiger partial charge is 0.270 e. The second-order valence-corrected chi connectivity index (χ2v) is 10.6. The van der Waals surface area contributed by atoms with Gasteiger partial charge < -0.3 is 26.4 Å². The fraction of sp³-hybridized carbons (Fsp3) is 0.333. The second kappa shape index (κ2) is 10.9. The van der Waals surface area contributed by atoms with E-state index in [0.717, 1.165) is 16.4 Å². The average Bonchev–Trinajstić information content (AvgIpc) is 3.42. The third-order valence-electron chi connectivity index (χ3n) is 4.89. The number of hydrogen-bond donors (Lipinski definition) is 3. The lowest BCUT2D eigenvalue weighted by Crippen LogP contribution is -2.49. The number of rotatable bonds is 9.